The molecule has 0 fully saturated rings. The minimum atomic E-state index is -0.470. The minimum Gasteiger partial charge on any atom is -0.484 e. The monoisotopic (exact) mass is 310 g/mol. The number of amides is 1. The third-order valence-corrected chi connectivity index (χ3v) is 2.88. The molecule has 1 aromatic carbocycles. The van der Waals surface area contributed by atoms with Gasteiger partial charge in [0.15, 0.2) is 5.76 Å². The Hall–Kier alpha value is -1.79. The normalized spacial score (nSPS) is 10.1. The lowest BCUT2D eigenvalue weighted by molar-refractivity contribution is 0.0922. The lowest BCUT2D eigenvalue weighted by Gasteiger charge is -2.05. The standard InChI is InChI=1S/C12H11BrN2O3/c13-9-3-1-2-4-10(9)17-7-8-5-6-11(18-8)12(16)15-14/h1-6H,7,14H2,(H,15,16). The molecule has 0 saturated carbocycles. The third kappa shape index (κ3) is 2.91. The quantitative estimate of drug-likeness (QED) is 0.516. The second-order valence-corrected chi connectivity index (χ2v) is 4.31. The average molecular weight is 311 g/mol. The molecule has 5 nitrogen and oxygen atoms in total. The number of hydrogen-bond donors (Lipinski definition) is 2. The first-order valence-corrected chi connectivity index (χ1v) is 5.97. The Morgan fingerprint density at radius 1 is 1.33 bits per heavy atom. The Kier molecular flexibility index (Phi) is 4.01. The zero-order valence-electron chi connectivity index (χ0n) is 9.35. The van der Waals surface area contributed by atoms with Crippen LogP contribution in [0.15, 0.2) is 45.3 Å². The van der Waals surface area contributed by atoms with Crippen LogP contribution >= 0.6 is 15.9 Å². The van der Waals surface area contributed by atoms with Crippen LogP contribution in [0.5, 0.6) is 5.75 Å². The molecule has 18 heavy (non-hydrogen) atoms. The molecule has 0 radical (unpaired) electrons. The summed E-state index contributed by atoms with van der Waals surface area (Å²) < 4.78 is 11.7. The number of rotatable bonds is 4. The van der Waals surface area contributed by atoms with E-state index >= 15 is 0 Å². The summed E-state index contributed by atoms with van der Waals surface area (Å²) in [5, 5.41) is 0. The molecule has 1 amide bonds. The van der Waals surface area contributed by atoms with Gasteiger partial charge in [-0.1, -0.05) is 12.1 Å². The van der Waals surface area contributed by atoms with Crippen LogP contribution in [0.4, 0.5) is 0 Å². The summed E-state index contributed by atoms with van der Waals surface area (Å²) >= 11 is 3.37. The van der Waals surface area contributed by atoms with Crippen molar-refractivity contribution in [3.05, 3.63) is 52.4 Å². The van der Waals surface area contributed by atoms with E-state index in [0.717, 1.165) is 4.47 Å². The van der Waals surface area contributed by atoms with Gasteiger partial charge in [-0.05, 0) is 40.2 Å². The molecule has 1 aromatic heterocycles. The van der Waals surface area contributed by atoms with Crippen LogP contribution in [0, 0.1) is 0 Å². The third-order valence-electron chi connectivity index (χ3n) is 2.22. The van der Waals surface area contributed by atoms with E-state index in [1.54, 1.807) is 12.1 Å². The molecule has 2 aromatic rings. The smallest absolute Gasteiger partial charge is 0.300 e. The fourth-order valence-electron chi connectivity index (χ4n) is 1.36. The van der Waals surface area contributed by atoms with Gasteiger partial charge in [-0.25, -0.2) is 5.84 Å². The van der Waals surface area contributed by atoms with Gasteiger partial charge < -0.3 is 9.15 Å². The van der Waals surface area contributed by atoms with Crippen LogP contribution in [0.3, 0.4) is 0 Å². The van der Waals surface area contributed by atoms with Gasteiger partial charge in [-0.2, -0.15) is 0 Å². The number of nitrogens with two attached hydrogens (primary N) is 1. The summed E-state index contributed by atoms with van der Waals surface area (Å²) in [7, 11) is 0. The van der Waals surface area contributed by atoms with Crippen LogP contribution in [-0.4, -0.2) is 5.91 Å². The molecule has 6 heteroatoms. The number of nitrogens with one attached hydrogen (secondary N) is 1. The first kappa shape index (κ1) is 12.7. The molecule has 94 valence electrons. The SMILES string of the molecule is NNC(=O)c1ccc(COc2ccccc2Br)o1. The van der Waals surface area contributed by atoms with Crippen molar-refractivity contribution in [1.29, 1.82) is 0 Å². The highest BCUT2D eigenvalue weighted by Crippen LogP contribution is 2.24. The molecule has 0 aliphatic rings. The van der Waals surface area contributed by atoms with Crippen LogP contribution in [0.2, 0.25) is 0 Å². The molecule has 0 aliphatic carbocycles. The zero-order chi connectivity index (χ0) is 13.0. The number of furan rings is 1. The predicted molar refractivity (Wildman–Crippen MR) is 68.8 cm³/mol. The van der Waals surface area contributed by atoms with Crippen LogP contribution < -0.4 is 16.0 Å². The van der Waals surface area contributed by atoms with Gasteiger partial charge in [0.1, 0.15) is 18.1 Å². The molecule has 0 saturated heterocycles. The lowest BCUT2D eigenvalue weighted by Crippen LogP contribution is -2.29. The second kappa shape index (κ2) is 5.70. The van der Waals surface area contributed by atoms with E-state index < -0.39 is 5.91 Å². The molecular formula is C12H11BrN2O3. The van der Waals surface area contributed by atoms with Crippen molar-refractivity contribution in [2.24, 2.45) is 5.84 Å². The maximum absolute atomic E-state index is 11.2. The van der Waals surface area contributed by atoms with Crippen LogP contribution in [0.1, 0.15) is 16.3 Å². The van der Waals surface area contributed by atoms with Crippen molar-refractivity contribution in [3.8, 4) is 5.75 Å². The Labute approximate surface area is 112 Å². The van der Waals surface area contributed by atoms with Crippen molar-refractivity contribution in [3.63, 3.8) is 0 Å². The topological polar surface area (TPSA) is 77.5 Å². The second-order valence-electron chi connectivity index (χ2n) is 3.46. The van der Waals surface area contributed by atoms with E-state index in [0.29, 0.717) is 11.5 Å². The van der Waals surface area contributed by atoms with E-state index in [-0.39, 0.29) is 12.4 Å². The number of hydrogen-bond acceptors (Lipinski definition) is 4. The summed E-state index contributed by atoms with van der Waals surface area (Å²) in [6, 6.07) is 10.7. The first-order valence-electron chi connectivity index (χ1n) is 5.17. The summed E-state index contributed by atoms with van der Waals surface area (Å²) in [4.78, 5) is 11.2. The number of halogens is 1. The van der Waals surface area contributed by atoms with Crippen molar-refractivity contribution < 1.29 is 13.9 Å². The number of para-hydroxylation sites is 1. The van der Waals surface area contributed by atoms with Crippen LogP contribution in [0.25, 0.3) is 0 Å². The highest BCUT2D eigenvalue weighted by atomic mass is 79.9. The van der Waals surface area contributed by atoms with Gasteiger partial charge in [0.2, 0.25) is 0 Å². The predicted octanol–water partition coefficient (Wildman–Crippen LogP) is 2.22. The highest BCUT2D eigenvalue weighted by molar-refractivity contribution is 9.10. The van der Waals surface area contributed by atoms with Gasteiger partial charge >= 0.3 is 5.91 Å². The summed E-state index contributed by atoms with van der Waals surface area (Å²) in [6.07, 6.45) is 0. The molecule has 3 N–H and O–H groups in total. The Morgan fingerprint density at radius 2 is 2.11 bits per heavy atom. The van der Waals surface area contributed by atoms with E-state index in [4.69, 9.17) is 15.0 Å². The Morgan fingerprint density at radius 3 is 2.83 bits per heavy atom. The number of carbonyl (C=O) groups is 1. The lowest BCUT2D eigenvalue weighted by atomic mass is 10.3. The average Bonchev–Trinajstić information content (AvgIpc) is 2.86. The van der Waals surface area contributed by atoms with Gasteiger partial charge in [0.25, 0.3) is 0 Å². The van der Waals surface area contributed by atoms with Crippen molar-refractivity contribution >= 4 is 21.8 Å². The van der Waals surface area contributed by atoms with Gasteiger partial charge in [-0.3, -0.25) is 10.2 Å². The molecular weight excluding hydrogens is 300 g/mol. The molecule has 1 heterocycles. The van der Waals surface area contributed by atoms with E-state index in [1.807, 2.05) is 29.7 Å². The maximum atomic E-state index is 11.2. The van der Waals surface area contributed by atoms with Gasteiger partial charge in [0, 0.05) is 0 Å². The summed E-state index contributed by atoms with van der Waals surface area (Å²) in [6.45, 7) is 0.237. The Balaban J connectivity index is 2.01. The van der Waals surface area contributed by atoms with Crippen LogP contribution in [-0.2, 0) is 6.61 Å². The zero-order valence-corrected chi connectivity index (χ0v) is 10.9. The number of hydrazine groups is 1. The summed E-state index contributed by atoms with van der Waals surface area (Å²) in [5.74, 6) is 5.94. The highest BCUT2D eigenvalue weighted by Gasteiger charge is 2.10. The molecule has 2 rings (SSSR count). The number of benzene rings is 1. The fourth-order valence-corrected chi connectivity index (χ4v) is 1.76. The first-order chi connectivity index (χ1) is 8.70. The largest absolute Gasteiger partial charge is 0.484 e. The van der Waals surface area contributed by atoms with Crippen molar-refractivity contribution in [1.82, 2.24) is 5.43 Å². The van der Waals surface area contributed by atoms with Gasteiger partial charge in [-0.15, -0.1) is 0 Å². The minimum absolute atomic E-state index is 0.156. The fraction of sp³-hybridized carbons (Fsp3) is 0.0833. The number of nitrogen functional groups attached to an aromatic ring is 1. The molecule has 0 unspecified atom stereocenters. The van der Waals surface area contributed by atoms with Crippen molar-refractivity contribution in [2.75, 3.05) is 0 Å². The maximum Gasteiger partial charge on any atom is 0.300 e. The molecule has 0 spiro atoms. The number of ether oxygens (including phenoxy) is 1. The van der Waals surface area contributed by atoms with E-state index in [1.165, 1.54) is 0 Å². The van der Waals surface area contributed by atoms with Gasteiger partial charge in [0.05, 0.1) is 4.47 Å². The van der Waals surface area contributed by atoms with Crippen molar-refractivity contribution in [2.45, 2.75) is 6.61 Å². The summed E-state index contributed by atoms with van der Waals surface area (Å²) in [5.41, 5.74) is 2.00. The molecule has 0 bridgehead atoms. The number of carbonyl (C=O) groups excluding carboxylic acids is 1. The van der Waals surface area contributed by atoms with E-state index in [2.05, 4.69) is 15.9 Å². The molecule has 0 aliphatic heterocycles. The van der Waals surface area contributed by atoms with E-state index in [9.17, 15) is 4.79 Å². The Bertz CT molecular complexity index is 554. The molecule has 0 atom stereocenters.